The fourth-order valence-electron chi connectivity index (χ4n) is 1.95. The summed E-state index contributed by atoms with van der Waals surface area (Å²) in [6.07, 6.45) is 0. The topological polar surface area (TPSA) is 40.6 Å². The van der Waals surface area contributed by atoms with Crippen molar-refractivity contribution < 1.29 is 9.59 Å². The van der Waals surface area contributed by atoms with Crippen LogP contribution >= 0.6 is 27.3 Å². The molecular formula is C11H13BrN2O2S. The molecule has 1 unspecified atom stereocenters. The lowest BCUT2D eigenvalue weighted by molar-refractivity contribution is -0.117. The van der Waals surface area contributed by atoms with Gasteiger partial charge in [0.25, 0.3) is 0 Å². The van der Waals surface area contributed by atoms with E-state index in [-0.39, 0.29) is 24.4 Å². The lowest BCUT2D eigenvalue weighted by atomic mass is 10.2. The number of carbonyl (C=O) groups excluding carboxylic acids is 2. The van der Waals surface area contributed by atoms with Crippen LogP contribution in [0.4, 0.5) is 4.79 Å². The molecule has 0 aromatic carbocycles. The number of rotatable bonds is 3. The maximum absolute atomic E-state index is 11.9. The van der Waals surface area contributed by atoms with Gasteiger partial charge in [-0.2, -0.15) is 0 Å². The van der Waals surface area contributed by atoms with Crippen LogP contribution in [0.2, 0.25) is 0 Å². The minimum absolute atomic E-state index is 0.0137. The van der Waals surface area contributed by atoms with Gasteiger partial charge in [0, 0.05) is 18.5 Å². The normalized spacial score (nSPS) is 20.2. The Bertz CT molecular complexity index is 460. The van der Waals surface area contributed by atoms with Crippen LogP contribution in [-0.4, -0.2) is 41.8 Å². The van der Waals surface area contributed by atoms with Crippen LogP contribution in [0.5, 0.6) is 0 Å². The van der Waals surface area contributed by atoms with Crippen LogP contribution in [0, 0.1) is 0 Å². The van der Waals surface area contributed by atoms with E-state index in [1.807, 2.05) is 12.1 Å². The summed E-state index contributed by atoms with van der Waals surface area (Å²) in [6.45, 7) is 2.29. The summed E-state index contributed by atoms with van der Waals surface area (Å²) in [5, 5.41) is 0. The first kappa shape index (κ1) is 12.6. The van der Waals surface area contributed by atoms with Crippen LogP contribution in [0.15, 0.2) is 15.9 Å². The van der Waals surface area contributed by atoms with Crippen molar-refractivity contribution in [1.82, 2.24) is 9.80 Å². The third-order valence-electron chi connectivity index (χ3n) is 2.77. The maximum Gasteiger partial charge on any atom is 0.320 e. The van der Waals surface area contributed by atoms with Gasteiger partial charge in [-0.15, -0.1) is 11.3 Å². The van der Waals surface area contributed by atoms with Gasteiger partial charge in [0.2, 0.25) is 0 Å². The highest BCUT2D eigenvalue weighted by atomic mass is 79.9. The average Bonchev–Trinajstić information content (AvgIpc) is 2.77. The minimum atomic E-state index is -0.0743. The highest BCUT2D eigenvalue weighted by Crippen LogP contribution is 2.34. The zero-order chi connectivity index (χ0) is 12.6. The Kier molecular flexibility index (Phi) is 3.53. The molecule has 0 bridgehead atoms. The smallest absolute Gasteiger partial charge is 0.318 e. The number of ketones is 1. The molecule has 1 aromatic heterocycles. The molecule has 0 N–H and O–H groups in total. The van der Waals surface area contributed by atoms with Crippen molar-refractivity contribution in [3.8, 4) is 0 Å². The summed E-state index contributed by atoms with van der Waals surface area (Å²) in [5.41, 5.74) is 0. The van der Waals surface area contributed by atoms with Gasteiger partial charge in [0.1, 0.15) is 5.78 Å². The highest BCUT2D eigenvalue weighted by molar-refractivity contribution is 9.11. The summed E-state index contributed by atoms with van der Waals surface area (Å²) < 4.78 is 1.05. The van der Waals surface area contributed by atoms with Crippen LogP contribution in [-0.2, 0) is 4.79 Å². The second-order valence-electron chi connectivity index (χ2n) is 4.13. The third-order valence-corrected chi connectivity index (χ3v) is 4.49. The fourth-order valence-corrected chi connectivity index (χ4v) is 3.51. The first-order valence-electron chi connectivity index (χ1n) is 5.25. The van der Waals surface area contributed by atoms with Gasteiger partial charge in [0.15, 0.2) is 0 Å². The van der Waals surface area contributed by atoms with Gasteiger partial charge in [-0.1, -0.05) is 0 Å². The molecule has 92 valence electrons. The maximum atomic E-state index is 11.9. The number of thiophene rings is 1. The van der Waals surface area contributed by atoms with E-state index in [0.717, 1.165) is 8.66 Å². The Labute approximate surface area is 112 Å². The number of urea groups is 1. The summed E-state index contributed by atoms with van der Waals surface area (Å²) in [7, 11) is 1.78. The second-order valence-corrected chi connectivity index (χ2v) is 6.63. The largest absolute Gasteiger partial charge is 0.320 e. The fraction of sp³-hybridized carbons (Fsp3) is 0.455. The van der Waals surface area contributed by atoms with E-state index in [9.17, 15) is 9.59 Å². The van der Waals surface area contributed by atoms with Crippen molar-refractivity contribution in [3.05, 3.63) is 20.8 Å². The van der Waals surface area contributed by atoms with Crippen LogP contribution in [0.3, 0.4) is 0 Å². The van der Waals surface area contributed by atoms with Crippen LogP contribution < -0.4 is 0 Å². The molecule has 0 spiro atoms. The van der Waals surface area contributed by atoms with E-state index in [1.54, 1.807) is 28.2 Å². The quantitative estimate of drug-likeness (QED) is 0.859. The number of nitrogens with zero attached hydrogens (tertiary/aromatic N) is 2. The van der Waals surface area contributed by atoms with Crippen molar-refractivity contribution in [3.63, 3.8) is 0 Å². The zero-order valence-electron chi connectivity index (χ0n) is 9.64. The standard InChI is InChI=1S/C11H13BrN2O2S/c1-7(15)5-14-6-8(13(2)11(14)16)9-3-4-10(12)17-9/h3-4,8H,5-6H2,1-2H3. The number of hydrogen-bond acceptors (Lipinski definition) is 3. The molecule has 1 fully saturated rings. The monoisotopic (exact) mass is 316 g/mol. The molecule has 17 heavy (non-hydrogen) atoms. The van der Waals surface area contributed by atoms with Gasteiger partial charge >= 0.3 is 6.03 Å². The van der Waals surface area contributed by atoms with Crippen molar-refractivity contribution in [2.75, 3.05) is 20.1 Å². The van der Waals surface area contributed by atoms with Crippen LogP contribution in [0.25, 0.3) is 0 Å². The Balaban J connectivity index is 2.16. The highest BCUT2D eigenvalue weighted by Gasteiger charge is 2.36. The molecule has 1 saturated heterocycles. The molecule has 1 aliphatic rings. The molecule has 0 radical (unpaired) electrons. The summed E-state index contributed by atoms with van der Waals surface area (Å²) >= 11 is 5.04. The van der Waals surface area contributed by atoms with E-state index in [1.165, 1.54) is 6.92 Å². The predicted octanol–water partition coefficient (Wildman–Crippen LogP) is 2.51. The first-order chi connectivity index (χ1) is 7.99. The molecule has 2 amide bonds. The first-order valence-corrected chi connectivity index (χ1v) is 6.86. The number of halogens is 1. The zero-order valence-corrected chi connectivity index (χ0v) is 12.0. The van der Waals surface area contributed by atoms with E-state index < -0.39 is 0 Å². The molecule has 2 rings (SSSR count). The SMILES string of the molecule is CC(=O)CN1CC(c2ccc(Br)s2)N(C)C1=O. The molecule has 2 heterocycles. The lowest BCUT2D eigenvalue weighted by Gasteiger charge is -2.15. The molecule has 1 atom stereocenters. The summed E-state index contributed by atoms with van der Waals surface area (Å²) in [5.74, 6) is 0.0137. The van der Waals surface area contributed by atoms with Crippen molar-refractivity contribution in [1.29, 1.82) is 0 Å². The second kappa shape index (κ2) is 4.78. The molecule has 4 nitrogen and oxygen atoms in total. The Hall–Kier alpha value is -0.880. The Morgan fingerprint density at radius 1 is 1.59 bits per heavy atom. The number of amides is 2. The number of hydrogen-bond donors (Lipinski definition) is 0. The molecule has 6 heteroatoms. The van der Waals surface area contributed by atoms with E-state index in [0.29, 0.717) is 6.54 Å². The molecule has 0 aliphatic carbocycles. The average molecular weight is 317 g/mol. The van der Waals surface area contributed by atoms with Crippen molar-refractivity contribution in [2.24, 2.45) is 0 Å². The predicted molar refractivity (Wildman–Crippen MR) is 70.2 cm³/mol. The molecule has 0 saturated carbocycles. The molecular weight excluding hydrogens is 304 g/mol. The van der Waals surface area contributed by atoms with Crippen molar-refractivity contribution in [2.45, 2.75) is 13.0 Å². The Morgan fingerprint density at radius 3 is 2.82 bits per heavy atom. The van der Waals surface area contributed by atoms with Gasteiger partial charge in [-0.3, -0.25) is 4.79 Å². The lowest BCUT2D eigenvalue weighted by Crippen LogP contribution is -2.32. The van der Waals surface area contributed by atoms with E-state index in [2.05, 4.69) is 15.9 Å². The van der Waals surface area contributed by atoms with Gasteiger partial charge in [0.05, 0.1) is 16.4 Å². The van der Waals surface area contributed by atoms with Gasteiger partial charge in [-0.05, 0) is 35.0 Å². The number of carbonyl (C=O) groups is 2. The molecule has 1 aliphatic heterocycles. The number of Topliss-reactive ketones (excluding diaryl/α,β-unsaturated/α-hetero) is 1. The molecule has 1 aromatic rings. The summed E-state index contributed by atoms with van der Waals surface area (Å²) in [4.78, 5) is 27.4. The number of likely N-dealkylation sites (N-methyl/N-ethyl adjacent to an activating group) is 1. The minimum Gasteiger partial charge on any atom is -0.318 e. The van der Waals surface area contributed by atoms with Crippen molar-refractivity contribution >= 4 is 39.1 Å². The van der Waals surface area contributed by atoms with E-state index >= 15 is 0 Å². The van der Waals surface area contributed by atoms with Gasteiger partial charge < -0.3 is 9.80 Å². The van der Waals surface area contributed by atoms with E-state index in [4.69, 9.17) is 0 Å². The van der Waals surface area contributed by atoms with Gasteiger partial charge in [-0.25, -0.2) is 4.79 Å². The summed E-state index contributed by atoms with van der Waals surface area (Å²) in [6, 6.07) is 3.97. The third kappa shape index (κ3) is 2.52. The Morgan fingerprint density at radius 2 is 2.29 bits per heavy atom. The van der Waals surface area contributed by atoms with Crippen LogP contribution in [0.1, 0.15) is 17.8 Å².